The van der Waals surface area contributed by atoms with Gasteiger partial charge in [-0.15, -0.1) is 0 Å². The van der Waals surface area contributed by atoms with Crippen LogP contribution in [0.5, 0.6) is 11.5 Å². The molecular weight excluding hydrogens is 648 g/mol. The molecule has 1 aromatic carbocycles. The van der Waals surface area contributed by atoms with Crippen LogP contribution in [0.1, 0.15) is 54.9 Å². The Bertz CT molecular complexity index is 1280. The van der Waals surface area contributed by atoms with Crippen molar-refractivity contribution in [1.82, 2.24) is 10.6 Å². The van der Waals surface area contributed by atoms with E-state index in [1.165, 1.54) is 0 Å². The van der Waals surface area contributed by atoms with Crippen LogP contribution >= 0.6 is 25.3 Å². The molecule has 0 radical (unpaired) electrons. The smallest absolute Gasteiger partial charge is 0.347 e. The zero-order valence-electron chi connectivity index (χ0n) is 26.0. The highest BCUT2D eigenvalue weighted by Gasteiger charge is 2.40. The van der Waals surface area contributed by atoms with Crippen molar-refractivity contribution in [3.8, 4) is 11.5 Å². The second-order valence-electron chi connectivity index (χ2n) is 10.5. The van der Waals surface area contributed by atoms with Gasteiger partial charge in [0.1, 0.15) is 36.2 Å². The van der Waals surface area contributed by atoms with Crippen molar-refractivity contribution < 1.29 is 59.0 Å². The molecule has 0 saturated heterocycles. The van der Waals surface area contributed by atoms with E-state index in [0.29, 0.717) is 30.8 Å². The minimum atomic E-state index is -1.22. The van der Waals surface area contributed by atoms with E-state index in [4.69, 9.17) is 31.5 Å². The Hall–Kier alpha value is -3.74. The van der Waals surface area contributed by atoms with Gasteiger partial charge in [-0.3, -0.25) is 24.0 Å². The lowest BCUT2D eigenvalue weighted by molar-refractivity contribution is -0.155. The molecule has 2 rings (SSSR count). The number of carboxylic acid groups (broad SMARTS) is 4. The van der Waals surface area contributed by atoms with Gasteiger partial charge in [0.15, 0.2) is 0 Å². The average molecular weight is 693 g/mol. The largest absolute Gasteiger partial charge is 0.507 e. The van der Waals surface area contributed by atoms with Gasteiger partial charge in [-0.1, -0.05) is 0 Å². The second-order valence-corrected chi connectivity index (χ2v) is 11.3. The fourth-order valence-electron chi connectivity index (χ4n) is 3.82. The maximum Gasteiger partial charge on any atom is 0.347 e. The molecule has 0 spiro atoms. The highest BCUT2D eigenvalue weighted by Crippen LogP contribution is 2.43. The third-order valence-electron chi connectivity index (χ3n) is 6.98. The molecule has 18 heteroatoms. The van der Waals surface area contributed by atoms with Gasteiger partial charge in [0, 0.05) is 24.2 Å². The zero-order chi connectivity index (χ0) is 35.9. The Kier molecular flexibility index (Phi) is 18.1. The molecule has 0 fully saturated rings. The summed E-state index contributed by atoms with van der Waals surface area (Å²) >= 11 is 7.68. The van der Waals surface area contributed by atoms with E-state index in [1.54, 1.807) is 6.92 Å². The first-order valence-corrected chi connectivity index (χ1v) is 15.2. The molecule has 16 nitrogen and oxygen atoms in total. The summed E-state index contributed by atoms with van der Waals surface area (Å²) in [5.41, 5.74) is 12.4. The maximum absolute atomic E-state index is 11.5. The predicted molar refractivity (Wildman–Crippen MR) is 173 cm³/mol. The number of aromatic hydroxyl groups is 1. The first kappa shape index (κ1) is 42.3. The number of phenols is 1. The van der Waals surface area contributed by atoms with Crippen molar-refractivity contribution in [3.63, 3.8) is 0 Å². The lowest BCUT2D eigenvalue weighted by Crippen LogP contribution is -2.49. The molecule has 1 aromatic rings. The van der Waals surface area contributed by atoms with Crippen LogP contribution in [0.4, 0.5) is 0 Å². The monoisotopic (exact) mass is 692 g/mol. The summed E-state index contributed by atoms with van der Waals surface area (Å²) < 4.78 is 5.72. The molecular formula is C28H44N4O12S2. The number of carboxylic acids is 4. The zero-order valence-corrected chi connectivity index (χ0v) is 27.8. The van der Waals surface area contributed by atoms with Crippen molar-refractivity contribution in [2.75, 3.05) is 18.1 Å². The van der Waals surface area contributed by atoms with Crippen molar-refractivity contribution in [1.29, 1.82) is 0 Å². The van der Waals surface area contributed by atoms with Crippen LogP contribution in [-0.2, 0) is 35.2 Å². The molecule has 1 aliphatic rings. The summed E-state index contributed by atoms with van der Waals surface area (Å²) in [6.07, 6.45) is 1.22. The minimum Gasteiger partial charge on any atom is -0.507 e. The number of carbonyl (C=O) groups excluding carboxylic acids is 2. The number of nitrogens with two attached hydrogens (primary N) is 2. The third-order valence-corrected chi connectivity index (χ3v) is 7.60. The van der Waals surface area contributed by atoms with Crippen LogP contribution in [0.25, 0.3) is 0 Å². The Morgan fingerprint density at radius 3 is 1.89 bits per heavy atom. The van der Waals surface area contributed by atoms with Gasteiger partial charge in [0.25, 0.3) is 0 Å². The van der Waals surface area contributed by atoms with Crippen LogP contribution in [0.15, 0.2) is 0 Å². The number of thiol groups is 2. The number of fused-ring (bicyclic) bond motifs is 1. The van der Waals surface area contributed by atoms with Crippen LogP contribution in [-0.4, -0.2) is 103 Å². The third kappa shape index (κ3) is 13.3. The van der Waals surface area contributed by atoms with E-state index < -0.39 is 66.0 Å². The summed E-state index contributed by atoms with van der Waals surface area (Å²) in [6, 6.07) is -2.89. The molecule has 4 atom stereocenters. The van der Waals surface area contributed by atoms with Crippen LogP contribution < -0.4 is 26.8 Å². The molecule has 11 N–H and O–H groups in total. The first-order chi connectivity index (χ1) is 21.2. The molecule has 0 aromatic heterocycles. The summed E-state index contributed by atoms with van der Waals surface area (Å²) in [5, 5.41) is 48.8. The van der Waals surface area contributed by atoms with Gasteiger partial charge >= 0.3 is 23.9 Å². The molecule has 1 unspecified atom stereocenters. The lowest BCUT2D eigenvalue weighted by Gasteiger charge is -2.34. The van der Waals surface area contributed by atoms with E-state index in [9.17, 15) is 39.0 Å². The lowest BCUT2D eigenvalue weighted by atomic mass is 9.87. The van der Waals surface area contributed by atoms with Crippen LogP contribution in [0.2, 0.25) is 0 Å². The van der Waals surface area contributed by atoms with E-state index in [0.717, 1.165) is 22.3 Å². The number of rotatable bonds is 13. The summed E-state index contributed by atoms with van der Waals surface area (Å²) in [5.74, 6) is -4.18. The number of amides is 2. The topological polar surface area (TPSA) is 289 Å². The van der Waals surface area contributed by atoms with Crippen molar-refractivity contribution in [2.24, 2.45) is 11.5 Å². The number of aliphatic carboxylic acids is 4. The van der Waals surface area contributed by atoms with E-state index >= 15 is 0 Å². The SMILES string of the molecule is Cc1c(C)c2c(c(C)c1O)CCC(C)(C(=O)O)O2.N[C@@H](CCC(=O)N[C@@H](CS)C(=O)NCC(=O)O)C(=O)O.N[C@@H](CCS)C(=O)O. The normalized spacial score (nSPS) is 16.7. The number of ether oxygens (including phenoxy) is 1. The van der Waals surface area contributed by atoms with E-state index in [2.05, 4.69) is 35.9 Å². The fourth-order valence-corrected chi connectivity index (χ4v) is 4.35. The van der Waals surface area contributed by atoms with Gasteiger partial charge in [0.2, 0.25) is 17.4 Å². The first-order valence-electron chi connectivity index (χ1n) is 13.9. The molecule has 2 amide bonds. The van der Waals surface area contributed by atoms with Gasteiger partial charge in [-0.2, -0.15) is 25.3 Å². The number of phenolic OH excluding ortho intramolecular Hbond substituents is 1. The van der Waals surface area contributed by atoms with Crippen molar-refractivity contribution in [3.05, 3.63) is 22.3 Å². The highest BCUT2D eigenvalue weighted by molar-refractivity contribution is 7.80. The molecule has 1 aliphatic heterocycles. The van der Waals surface area contributed by atoms with E-state index in [1.807, 2.05) is 20.8 Å². The maximum atomic E-state index is 11.5. The highest BCUT2D eigenvalue weighted by atomic mass is 32.1. The van der Waals surface area contributed by atoms with Crippen LogP contribution in [0.3, 0.4) is 0 Å². The standard InChI is InChI=1S/C14H18O4.C10H17N3O6S.C4H9NO2S/c1-7-8(2)12-10(9(3)11(7)15)5-6-14(4,18-12)13(16)17;11-5(10(18)19)1-2-7(14)13-6(4-20)9(17)12-3-8(15)16;5-3(1-2-8)4(6)7/h15H,5-6H2,1-4H3,(H,16,17);5-6,20H,1-4,11H2,(H,12,17)(H,13,14)(H,15,16)(H,18,19);3,8H,1-2,5H2,(H,6,7)/t;5-,6-;3-/m.00/s1. The van der Waals surface area contributed by atoms with E-state index in [-0.39, 0.29) is 24.3 Å². The average Bonchev–Trinajstić information content (AvgIpc) is 2.99. The van der Waals surface area contributed by atoms with Gasteiger partial charge in [-0.05, 0) is 69.4 Å². The molecule has 260 valence electrons. The van der Waals surface area contributed by atoms with Gasteiger partial charge in [-0.25, -0.2) is 4.79 Å². The summed E-state index contributed by atoms with van der Waals surface area (Å²) in [4.78, 5) is 64.9. The quantitative estimate of drug-likeness (QED) is 0.121. The minimum absolute atomic E-state index is 0.0256. The number of carbonyl (C=O) groups is 6. The Labute approximate surface area is 277 Å². The molecule has 1 heterocycles. The van der Waals surface area contributed by atoms with Crippen LogP contribution in [0, 0.1) is 20.8 Å². The molecule has 46 heavy (non-hydrogen) atoms. The number of benzene rings is 1. The second kappa shape index (κ2) is 19.7. The number of hydrogen-bond acceptors (Lipinski definition) is 12. The van der Waals surface area contributed by atoms with Crippen molar-refractivity contribution >= 4 is 60.9 Å². The Balaban J connectivity index is 0.000000717. The number of nitrogens with one attached hydrogen (secondary N) is 2. The Morgan fingerprint density at radius 1 is 0.913 bits per heavy atom. The predicted octanol–water partition coefficient (Wildman–Crippen LogP) is -0.00214. The van der Waals surface area contributed by atoms with Gasteiger partial charge in [0.05, 0.1) is 0 Å². The Morgan fingerprint density at radius 2 is 1.46 bits per heavy atom. The molecule has 0 aliphatic carbocycles. The summed E-state index contributed by atoms with van der Waals surface area (Å²) in [6.45, 7) is 6.53. The molecule has 0 bridgehead atoms. The fraction of sp³-hybridized carbons (Fsp3) is 0.571. The number of hydrogen-bond donors (Lipinski definition) is 11. The summed E-state index contributed by atoms with van der Waals surface area (Å²) in [7, 11) is 0. The van der Waals surface area contributed by atoms with Gasteiger partial charge < -0.3 is 52.4 Å². The molecule has 0 saturated carbocycles. The van der Waals surface area contributed by atoms with Crippen molar-refractivity contribution in [2.45, 2.75) is 83.5 Å².